The summed E-state index contributed by atoms with van der Waals surface area (Å²) >= 11 is 12.2. The number of nitrogens with two attached hydrogens (primary N) is 1. The Hall–Kier alpha value is -0.770. The maximum Gasteiger partial charge on any atom is 0.223 e. The molecule has 0 radical (unpaired) electrons. The zero-order valence-corrected chi connectivity index (χ0v) is 12.2. The van der Waals surface area contributed by atoms with Crippen LogP contribution in [0.5, 0.6) is 0 Å². The van der Waals surface area contributed by atoms with Crippen molar-refractivity contribution in [1.29, 1.82) is 0 Å². The maximum atomic E-state index is 11.9. The zero-order chi connectivity index (χ0) is 13.8. The Bertz CT molecular complexity index is 445. The highest BCUT2D eigenvalue weighted by molar-refractivity contribution is 6.35. The number of benzene rings is 1. The molecule has 0 heterocycles. The van der Waals surface area contributed by atoms with E-state index in [4.69, 9.17) is 28.9 Å². The van der Waals surface area contributed by atoms with E-state index in [2.05, 4.69) is 5.32 Å². The van der Waals surface area contributed by atoms with E-state index < -0.39 is 0 Å². The van der Waals surface area contributed by atoms with Crippen molar-refractivity contribution in [3.63, 3.8) is 0 Å². The molecule has 1 aromatic carbocycles. The van der Waals surface area contributed by atoms with Crippen molar-refractivity contribution in [3.05, 3.63) is 33.8 Å². The van der Waals surface area contributed by atoms with Crippen molar-refractivity contribution < 1.29 is 4.79 Å². The van der Waals surface area contributed by atoms with Crippen LogP contribution in [0.4, 0.5) is 0 Å². The predicted molar refractivity (Wildman–Crippen MR) is 78.5 cm³/mol. The van der Waals surface area contributed by atoms with Gasteiger partial charge in [0.2, 0.25) is 5.91 Å². The molecular weight excluding hydrogens is 283 g/mol. The van der Waals surface area contributed by atoms with Gasteiger partial charge >= 0.3 is 0 Å². The Kier molecular flexibility index (Phi) is 5.08. The lowest BCUT2D eigenvalue weighted by molar-refractivity contribution is -0.124. The van der Waals surface area contributed by atoms with Crippen LogP contribution in [0.25, 0.3) is 0 Å². The summed E-state index contributed by atoms with van der Waals surface area (Å²) < 4.78 is 0. The molecule has 104 valence electrons. The minimum absolute atomic E-state index is 0.0664. The summed E-state index contributed by atoms with van der Waals surface area (Å²) in [7, 11) is 0. The van der Waals surface area contributed by atoms with E-state index in [0.29, 0.717) is 23.0 Å². The van der Waals surface area contributed by atoms with Gasteiger partial charge in [-0.1, -0.05) is 29.3 Å². The van der Waals surface area contributed by atoms with Crippen molar-refractivity contribution in [2.45, 2.75) is 31.7 Å². The monoisotopic (exact) mass is 300 g/mol. The Morgan fingerprint density at radius 1 is 1.32 bits per heavy atom. The van der Waals surface area contributed by atoms with Gasteiger partial charge in [-0.15, -0.1) is 0 Å². The Labute approximate surface area is 123 Å². The van der Waals surface area contributed by atoms with Gasteiger partial charge < -0.3 is 11.1 Å². The molecule has 3 N–H and O–H groups in total. The fourth-order valence-electron chi connectivity index (χ4n) is 2.48. The highest BCUT2D eigenvalue weighted by Crippen LogP contribution is 2.25. The molecule has 1 fully saturated rings. The topological polar surface area (TPSA) is 55.1 Å². The second-order valence-corrected chi connectivity index (χ2v) is 5.83. The molecule has 2 rings (SSSR count). The first-order valence-electron chi connectivity index (χ1n) is 6.54. The summed E-state index contributed by atoms with van der Waals surface area (Å²) in [6, 6.07) is 5.60. The molecule has 2 unspecified atom stereocenters. The molecule has 1 aromatic rings. The Morgan fingerprint density at radius 2 is 2.00 bits per heavy atom. The molecule has 0 bridgehead atoms. The SMILES string of the molecule is NC1CCC(C(=O)NCCc2c(Cl)cccc2Cl)C1. The predicted octanol–water partition coefficient (Wildman–Crippen LogP) is 2.78. The smallest absolute Gasteiger partial charge is 0.223 e. The molecule has 0 aromatic heterocycles. The number of hydrogen-bond donors (Lipinski definition) is 2. The normalized spacial score (nSPS) is 22.5. The lowest BCUT2D eigenvalue weighted by Gasteiger charge is -2.12. The first-order valence-corrected chi connectivity index (χ1v) is 7.29. The standard InChI is InChI=1S/C14H18Cl2N2O/c15-12-2-1-3-13(16)11(12)6-7-18-14(19)9-4-5-10(17)8-9/h1-3,9-10H,4-8,17H2,(H,18,19). The van der Waals surface area contributed by atoms with Gasteiger partial charge in [0.15, 0.2) is 0 Å². The van der Waals surface area contributed by atoms with Gasteiger partial charge in [-0.25, -0.2) is 0 Å². The van der Waals surface area contributed by atoms with Crippen molar-refractivity contribution in [2.75, 3.05) is 6.54 Å². The van der Waals surface area contributed by atoms with Crippen molar-refractivity contribution in [3.8, 4) is 0 Å². The maximum absolute atomic E-state index is 11.9. The van der Waals surface area contributed by atoms with Crippen LogP contribution in [-0.4, -0.2) is 18.5 Å². The van der Waals surface area contributed by atoms with Crippen molar-refractivity contribution in [1.82, 2.24) is 5.32 Å². The average Bonchev–Trinajstić information content (AvgIpc) is 2.79. The molecule has 5 heteroatoms. The van der Waals surface area contributed by atoms with Gasteiger partial charge in [0.05, 0.1) is 0 Å². The second-order valence-electron chi connectivity index (χ2n) is 5.01. The third-order valence-electron chi connectivity index (χ3n) is 3.58. The molecule has 1 amide bonds. The second kappa shape index (κ2) is 6.60. The molecular formula is C14H18Cl2N2O. The Morgan fingerprint density at radius 3 is 2.58 bits per heavy atom. The molecule has 2 atom stereocenters. The van der Waals surface area contributed by atoms with Gasteiger partial charge in [-0.05, 0) is 43.4 Å². The van der Waals surface area contributed by atoms with E-state index in [-0.39, 0.29) is 17.9 Å². The van der Waals surface area contributed by atoms with Gasteiger partial charge in [-0.2, -0.15) is 0 Å². The van der Waals surface area contributed by atoms with Gasteiger partial charge in [0, 0.05) is 28.5 Å². The summed E-state index contributed by atoms with van der Waals surface area (Å²) in [5.74, 6) is 0.160. The summed E-state index contributed by atoms with van der Waals surface area (Å²) in [6.45, 7) is 0.550. The van der Waals surface area contributed by atoms with Crippen LogP contribution >= 0.6 is 23.2 Å². The minimum atomic E-state index is 0.0664. The molecule has 0 spiro atoms. The van der Waals surface area contributed by atoms with E-state index in [1.54, 1.807) is 12.1 Å². The quantitative estimate of drug-likeness (QED) is 0.898. The van der Waals surface area contributed by atoms with E-state index in [1.807, 2.05) is 6.07 Å². The van der Waals surface area contributed by atoms with Crippen LogP contribution in [0.15, 0.2) is 18.2 Å². The number of carbonyl (C=O) groups is 1. The Balaban J connectivity index is 1.82. The number of rotatable bonds is 4. The zero-order valence-electron chi connectivity index (χ0n) is 10.7. The molecule has 19 heavy (non-hydrogen) atoms. The summed E-state index contributed by atoms with van der Waals surface area (Å²) in [6.07, 6.45) is 3.26. The number of halogens is 2. The molecule has 0 aliphatic heterocycles. The van der Waals surface area contributed by atoms with E-state index >= 15 is 0 Å². The lowest BCUT2D eigenvalue weighted by Crippen LogP contribution is -2.32. The van der Waals surface area contributed by atoms with Crippen LogP contribution in [0, 0.1) is 5.92 Å². The average molecular weight is 301 g/mol. The number of hydrogen-bond acceptors (Lipinski definition) is 2. The summed E-state index contributed by atoms with van der Waals surface area (Å²) in [5.41, 5.74) is 6.69. The molecule has 1 saturated carbocycles. The van der Waals surface area contributed by atoms with Gasteiger partial charge in [-0.3, -0.25) is 4.79 Å². The minimum Gasteiger partial charge on any atom is -0.356 e. The lowest BCUT2D eigenvalue weighted by atomic mass is 10.1. The largest absolute Gasteiger partial charge is 0.356 e. The van der Waals surface area contributed by atoms with Crippen LogP contribution < -0.4 is 11.1 Å². The number of nitrogens with one attached hydrogen (secondary N) is 1. The van der Waals surface area contributed by atoms with E-state index in [0.717, 1.165) is 24.8 Å². The first-order chi connectivity index (χ1) is 9.08. The van der Waals surface area contributed by atoms with Crippen LogP contribution in [-0.2, 0) is 11.2 Å². The molecule has 3 nitrogen and oxygen atoms in total. The number of carbonyl (C=O) groups excluding carboxylic acids is 1. The van der Waals surface area contributed by atoms with Gasteiger partial charge in [0.25, 0.3) is 0 Å². The van der Waals surface area contributed by atoms with Crippen molar-refractivity contribution >= 4 is 29.1 Å². The highest BCUT2D eigenvalue weighted by Gasteiger charge is 2.27. The molecule has 1 aliphatic carbocycles. The third kappa shape index (κ3) is 3.85. The number of amides is 1. The van der Waals surface area contributed by atoms with Gasteiger partial charge in [0.1, 0.15) is 0 Å². The summed E-state index contributed by atoms with van der Waals surface area (Å²) in [4.78, 5) is 11.9. The van der Waals surface area contributed by atoms with Crippen LogP contribution in [0.1, 0.15) is 24.8 Å². The fraction of sp³-hybridized carbons (Fsp3) is 0.500. The van der Waals surface area contributed by atoms with E-state index in [9.17, 15) is 4.79 Å². The highest BCUT2D eigenvalue weighted by atomic mass is 35.5. The van der Waals surface area contributed by atoms with Crippen LogP contribution in [0.2, 0.25) is 10.0 Å². The van der Waals surface area contributed by atoms with E-state index in [1.165, 1.54) is 0 Å². The summed E-state index contributed by atoms with van der Waals surface area (Å²) in [5, 5.41) is 4.22. The third-order valence-corrected chi connectivity index (χ3v) is 4.29. The first kappa shape index (κ1) is 14.6. The fourth-order valence-corrected chi connectivity index (χ4v) is 3.07. The van der Waals surface area contributed by atoms with Crippen molar-refractivity contribution in [2.24, 2.45) is 11.7 Å². The molecule has 0 saturated heterocycles. The molecule has 1 aliphatic rings. The van der Waals surface area contributed by atoms with Crippen LogP contribution in [0.3, 0.4) is 0 Å².